The summed E-state index contributed by atoms with van der Waals surface area (Å²) in [6.07, 6.45) is -2.03. The molecule has 18 heavy (non-hydrogen) atoms. The van der Waals surface area contributed by atoms with E-state index in [1.54, 1.807) is 0 Å². The Morgan fingerprint density at radius 3 is 2.61 bits per heavy atom. The fourth-order valence-corrected chi connectivity index (χ4v) is 2.33. The summed E-state index contributed by atoms with van der Waals surface area (Å²) >= 11 is 0. The molecule has 0 bridgehead atoms. The van der Waals surface area contributed by atoms with Gasteiger partial charge in [0.1, 0.15) is 0 Å². The van der Waals surface area contributed by atoms with Crippen LogP contribution in [-0.2, 0) is 4.74 Å². The van der Waals surface area contributed by atoms with Gasteiger partial charge in [-0.1, -0.05) is 20.3 Å². The van der Waals surface area contributed by atoms with E-state index in [9.17, 15) is 13.2 Å². The van der Waals surface area contributed by atoms with Crippen LogP contribution in [0.15, 0.2) is 0 Å². The Kier molecular flexibility index (Phi) is 6.43. The molecule has 1 aliphatic rings. The molecule has 1 fully saturated rings. The minimum absolute atomic E-state index is 0.00646. The molecular formula is C13H24F3NO. The maximum Gasteiger partial charge on any atom is 0.391 e. The minimum atomic E-state index is -4.03. The Hall–Kier alpha value is -0.290. The maximum atomic E-state index is 12.6. The molecular weight excluding hydrogens is 243 g/mol. The lowest BCUT2D eigenvalue weighted by Crippen LogP contribution is -2.40. The molecule has 0 aromatic carbocycles. The highest BCUT2D eigenvalue weighted by atomic mass is 19.4. The topological polar surface area (TPSA) is 21.3 Å². The van der Waals surface area contributed by atoms with Crippen molar-refractivity contribution < 1.29 is 17.9 Å². The van der Waals surface area contributed by atoms with Crippen molar-refractivity contribution in [3.63, 3.8) is 0 Å². The van der Waals surface area contributed by atoms with E-state index >= 15 is 0 Å². The van der Waals surface area contributed by atoms with Crippen molar-refractivity contribution in [2.45, 2.75) is 51.7 Å². The summed E-state index contributed by atoms with van der Waals surface area (Å²) in [4.78, 5) is 0. The molecule has 1 N–H and O–H groups in total. The van der Waals surface area contributed by atoms with Crippen molar-refractivity contribution in [1.82, 2.24) is 5.32 Å². The zero-order valence-corrected chi connectivity index (χ0v) is 11.2. The summed E-state index contributed by atoms with van der Waals surface area (Å²) < 4.78 is 43.2. The Morgan fingerprint density at radius 2 is 2.00 bits per heavy atom. The van der Waals surface area contributed by atoms with Crippen molar-refractivity contribution in [2.24, 2.45) is 11.8 Å². The van der Waals surface area contributed by atoms with E-state index in [0.29, 0.717) is 32.1 Å². The summed E-state index contributed by atoms with van der Waals surface area (Å²) in [5.41, 5.74) is 0. The summed E-state index contributed by atoms with van der Waals surface area (Å²) in [6.45, 7) is 6.07. The quantitative estimate of drug-likeness (QED) is 0.745. The molecule has 0 radical (unpaired) electrons. The van der Waals surface area contributed by atoms with Gasteiger partial charge in [0.2, 0.25) is 0 Å². The van der Waals surface area contributed by atoms with Crippen LogP contribution in [0, 0.1) is 11.8 Å². The predicted octanol–water partition coefficient (Wildman–Crippen LogP) is 3.37. The van der Waals surface area contributed by atoms with Crippen LogP contribution < -0.4 is 5.32 Å². The van der Waals surface area contributed by atoms with Gasteiger partial charge >= 0.3 is 6.18 Å². The molecule has 2 atom stereocenters. The van der Waals surface area contributed by atoms with E-state index < -0.39 is 12.1 Å². The maximum absolute atomic E-state index is 12.6. The van der Waals surface area contributed by atoms with Crippen LogP contribution in [-0.4, -0.2) is 32.0 Å². The van der Waals surface area contributed by atoms with E-state index in [1.165, 1.54) is 0 Å². The second kappa shape index (κ2) is 7.34. The molecule has 1 aliphatic carbocycles. The highest BCUT2D eigenvalue weighted by molar-refractivity contribution is 4.81. The fourth-order valence-electron chi connectivity index (χ4n) is 2.33. The van der Waals surface area contributed by atoms with Gasteiger partial charge in [-0.15, -0.1) is 0 Å². The lowest BCUT2D eigenvalue weighted by Gasteiger charge is -2.31. The van der Waals surface area contributed by atoms with E-state index in [4.69, 9.17) is 4.74 Å². The Morgan fingerprint density at radius 1 is 1.28 bits per heavy atom. The summed E-state index contributed by atoms with van der Waals surface area (Å²) in [5.74, 6) is -0.630. The van der Waals surface area contributed by atoms with E-state index in [1.807, 2.05) is 0 Å². The number of alkyl halides is 3. The number of nitrogens with one attached hydrogen (secondary N) is 1. The van der Waals surface area contributed by atoms with Gasteiger partial charge in [0.15, 0.2) is 0 Å². The van der Waals surface area contributed by atoms with E-state index in [2.05, 4.69) is 19.2 Å². The average Bonchev–Trinajstić information content (AvgIpc) is 2.27. The number of hydrogen-bond acceptors (Lipinski definition) is 2. The first kappa shape index (κ1) is 15.8. The SMILES string of the molecule is CC(C)COCCNC1CCCC(C(F)(F)F)C1. The summed E-state index contributed by atoms with van der Waals surface area (Å²) in [5, 5.41) is 3.17. The molecule has 0 saturated heterocycles. The normalized spacial score (nSPS) is 25.7. The van der Waals surface area contributed by atoms with Gasteiger partial charge < -0.3 is 10.1 Å². The zero-order valence-electron chi connectivity index (χ0n) is 11.2. The first-order chi connectivity index (χ1) is 8.39. The standard InChI is InChI=1S/C13H24F3NO/c1-10(2)9-18-7-6-17-12-5-3-4-11(8-12)13(14,15)16/h10-12,17H,3-9H2,1-2H3. The van der Waals surface area contributed by atoms with Gasteiger partial charge in [0, 0.05) is 19.2 Å². The zero-order chi connectivity index (χ0) is 13.6. The van der Waals surface area contributed by atoms with Gasteiger partial charge in [0.25, 0.3) is 0 Å². The minimum Gasteiger partial charge on any atom is -0.380 e. The first-order valence-electron chi connectivity index (χ1n) is 6.77. The Labute approximate surface area is 107 Å². The van der Waals surface area contributed by atoms with Crippen LogP contribution in [0.2, 0.25) is 0 Å². The van der Waals surface area contributed by atoms with Gasteiger partial charge in [-0.05, 0) is 25.2 Å². The molecule has 0 aromatic rings. The predicted molar refractivity (Wildman–Crippen MR) is 65.5 cm³/mol. The van der Waals surface area contributed by atoms with Gasteiger partial charge in [-0.2, -0.15) is 13.2 Å². The smallest absolute Gasteiger partial charge is 0.380 e. The lowest BCUT2D eigenvalue weighted by molar-refractivity contribution is -0.183. The lowest BCUT2D eigenvalue weighted by atomic mass is 9.85. The van der Waals surface area contributed by atoms with Crippen LogP contribution >= 0.6 is 0 Å². The third kappa shape index (κ3) is 6.05. The monoisotopic (exact) mass is 267 g/mol. The molecule has 0 aromatic heterocycles. The van der Waals surface area contributed by atoms with Crippen molar-refractivity contribution >= 4 is 0 Å². The van der Waals surface area contributed by atoms with Crippen LogP contribution in [0.1, 0.15) is 39.5 Å². The van der Waals surface area contributed by atoms with Crippen molar-refractivity contribution in [1.29, 1.82) is 0 Å². The highest BCUT2D eigenvalue weighted by Crippen LogP contribution is 2.37. The van der Waals surface area contributed by atoms with E-state index in [0.717, 1.165) is 6.42 Å². The second-order valence-electron chi connectivity index (χ2n) is 5.52. The van der Waals surface area contributed by atoms with Crippen LogP contribution in [0.5, 0.6) is 0 Å². The molecule has 2 unspecified atom stereocenters. The molecule has 108 valence electrons. The molecule has 1 rings (SSSR count). The van der Waals surface area contributed by atoms with Crippen molar-refractivity contribution in [3.05, 3.63) is 0 Å². The van der Waals surface area contributed by atoms with Crippen molar-refractivity contribution in [2.75, 3.05) is 19.8 Å². The van der Waals surface area contributed by atoms with Gasteiger partial charge in [0.05, 0.1) is 12.5 Å². The van der Waals surface area contributed by atoms with Crippen LogP contribution in [0.25, 0.3) is 0 Å². The molecule has 1 saturated carbocycles. The van der Waals surface area contributed by atoms with Gasteiger partial charge in [-0.3, -0.25) is 0 Å². The number of halogens is 3. The van der Waals surface area contributed by atoms with Crippen LogP contribution in [0.4, 0.5) is 13.2 Å². The molecule has 0 amide bonds. The molecule has 0 aliphatic heterocycles. The molecule has 0 spiro atoms. The number of rotatable bonds is 6. The molecule has 5 heteroatoms. The highest BCUT2D eigenvalue weighted by Gasteiger charge is 2.41. The van der Waals surface area contributed by atoms with Crippen LogP contribution in [0.3, 0.4) is 0 Å². The van der Waals surface area contributed by atoms with Gasteiger partial charge in [-0.25, -0.2) is 0 Å². The fraction of sp³-hybridized carbons (Fsp3) is 1.00. The average molecular weight is 267 g/mol. The first-order valence-corrected chi connectivity index (χ1v) is 6.77. The number of ether oxygens (including phenoxy) is 1. The molecule has 0 heterocycles. The van der Waals surface area contributed by atoms with Crippen molar-refractivity contribution in [3.8, 4) is 0 Å². The number of hydrogen-bond donors (Lipinski definition) is 1. The Bertz CT molecular complexity index is 231. The van der Waals surface area contributed by atoms with E-state index in [-0.39, 0.29) is 18.9 Å². The largest absolute Gasteiger partial charge is 0.391 e. The Balaban J connectivity index is 2.15. The molecule has 2 nitrogen and oxygen atoms in total. The summed E-state index contributed by atoms with van der Waals surface area (Å²) in [6, 6.07) is -0.00646. The second-order valence-corrected chi connectivity index (χ2v) is 5.52. The third-order valence-electron chi connectivity index (χ3n) is 3.27. The summed E-state index contributed by atoms with van der Waals surface area (Å²) in [7, 11) is 0. The third-order valence-corrected chi connectivity index (χ3v) is 3.27.